The maximum absolute atomic E-state index is 11.7. The Bertz CT molecular complexity index is 267. The first-order valence-electron chi connectivity index (χ1n) is 6.06. The van der Waals surface area contributed by atoms with Crippen molar-refractivity contribution < 1.29 is 4.79 Å². The van der Waals surface area contributed by atoms with E-state index in [1.54, 1.807) is 0 Å². The van der Waals surface area contributed by atoms with Crippen LogP contribution < -0.4 is 11.1 Å². The van der Waals surface area contributed by atoms with Crippen molar-refractivity contribution in [2.24, 2.45) is 11.1 Å². The van der Waals surface area contributed by atoms with E-state index in [0.717, 1.165) is 12.8 Å². The third-order valence-corrected chi connectivity index (χ3v) is 4.55. The highest BCUT2D eigenvalue weighted by atomic mass is 16.1. The number of nitrogens with one attached hydrogen (secondary N) is 1. The molecule has 3 N–H and O–H groups in total. The Balaban J connectivity index is 2.08. The van der Waals surface area contributed by atoms with Gasteiger partial charge in [-0.3, -0.25) is 4.79 Å². The predicted octanol–water partition coefficient (Wildman–Crippen LogP) is 1.56. The van der Waals surface area contributed by atoms with Gasteiger partial charge in [-0.2, -0.15) is 0 Å². The summed E-state index contributed by atoms with van der Waals surface area (Å²) in [6.07, 6.45) is 7.18. The molecule has 2 aliphatic carbocycles. The Morgan fingerprint density at radius 1 is 1.40 bits per heavy atom. The number of carbonyl (C=O) groups is 1. The number of amides is 1. The molecule has 1 atom stereocenters. The standard InChI is InChI=1S/C12H22N2O/c1-11(7-8-11)12(2,10(13)15)14-9-5-3-4-6-9/h9,14H,3-8H2,1-2H3,(H2,13,15). The minimum absolute atomic E-state index is 0.0986. The maximum atomic E-state index is 11.7. The highest BCUT2D eigenvalue weighted by Gasteiger charge is 2.57. The zero-order chi connectivity index (χ0) is 11.1. The molecule has 15 heavy (non-hydrogen) atoms. The molecule has 0 bridgehead atoms. The molecule has 0 radical (unpaired) electrons. The molecule has 1 unspecified atom stereocenters. The van der Waals surface area contributed by atoms with Crippen LogP contribution >= 0.6 is 0 Å². The van der Waals surface area contributed by atoms with E-state index in [1.165, 1.54) is 25.7 Å². The van der Waals surface area contributed by atoms with Crippen LogP contribution in [0.4, 0.5) is 0 Å². The highest BCUT2D eigenvalue weighted by molar-refractivity contribution is 5.86. The lowest BCUT2D eigenvalue weighted by Crippen LogP contribution is -2.61. The van der Waals surface area contributed by atoms with Crippen LogP contribution in [0.3, 0.4) is 0 Å². The Kier molecular flexibility index (Phi) is 2.53. The van der Waals surface area contributed by atoms with Crippen LogP contribution in [0.25, 0.3) is 0 Å². The quantitative estimate of drug-likeness (QED) is 0.740. The van der Waals surface area contributed by atoms with Gasteiger partial charge in [0, 0.05) is 6.04 Å². The second-order valence-corrected chi connectivity index (χ2v) is 5.68. The van der Waals surface area contributed by atoms with E-state index >= 15 is 0 Å². The third-order valence-electron chi connectivity index (χ3n) is 4.55. The van der Waals surface area contributed by atoms with Gasteiger partial charge in [0.2, 0.25) is 5.91 Å². The fourth-order valence-corrected chi connectivity index (χ4v) is 2.71. The van der Waals surface area contributed by atoms with E-state index in [2.05, 4.69) is 12.2 Å². The second-order valence-electron chi connectivity index (χ2n) is 5.68. The first-order valence-corrected chi connectivity index (χ1v) is 6.06. The van der Waals surface area contributed by atoms with E-state index in [9.17, 15) is 4.79 Å². The predicted molar refractivity (Wildman–Crippen MR) is 60.3 cm³/mol. The van der Waals surface area contributed by atoms with Gasteiger partial charge in [0.1, 0.15) is 5.54 Å². The Morgan fingerprint density at radius 3 is 2.33 bits per heavy atom. The SMILES string of the molecule is CC1(C(C)(NC2CCCC2)C(N)=O)CC1. The summed E-state index contributed by atoms with van der Waals surface area (Å²) in [7, 11) is 0. The largest absolute Gasteiger partial charge is 0.368 e. The van der Waals surface area contributed by atoms with E-state index in [-0.39, 0.29) is 11.3 Å². The molecule has 0 spiro atoms. The Labute approximate surface area is 91.8 Å². The fraction of sp³-hybridized carbons (Fsp3) is 0.917. The summed E-state index contributed by atoms with van der Waals surface area (Å²) >= 11 is 0. The summed E-state index contributed by atoms with van der Waals surface area (Å²) in [4.78, 5) is 11.7. The molecule has 3 heteroatoms. The summed E-state index contributed by atoms with van der Waals surface area (Å²) in [5.41, 5.74) is 5.17. The van der Waals surface area contributed by atoms with Gasteiger partial charge in [0.15, 0.2) is 0 Å². The van der Waals surface area contributed by atoms with E-state index in [4.69, 9.17) is 5.73 Å². The minimum Gasteiger partial charge on any atom is -0.368 e. The van der Waals surface area contributed by atoms with Crippen LogP contribution in [0.15, 0.2) is 0 Å². The summed E-state index contributed by atoms with van der Waals surface area (Å²) in [6.45, 7) is 4.15. The van der Waals surface area contributed by atoms with Crippen molar-refractivity contribution >= 4 is 5.91 Å². The molecular formula is C12H22N2O. The molecule has 2 saturated carbocycles. The molecule has 0 aliphatic heterocycles. The van der Waals surface area contributed by atoms with Crippen molar-refractivity contribution in [1.29, 1.82) is 0 Å². The van der Waals surface area contributed by atoms with Crippen molar-refractivity contribution in [3.63, 3.8) is 0 Å². The average molecular weight is 210 g/mol. The fourth-order valence-electron chi connectivity index (χ4n) is 2.71. The van der Waals surface area contributed by atoms with Crippen molar-refractivity contribution in [3.05, 3.63) is 0 Å². The second kappa shape index (κ2) is 3.48. The lowest BCUT2D eigenvalue weighted by Gasteiger charge is -2.36. The summed E-state index contributed by atoms with van der Waals surface area (Å²) in [6, 6.07) is 0.500. The van der Waals surface area contributed by atoms with Gasteiger partial charge in [0.25, 0.3) is 0 Å². The number of nitrogens with two attached hydrogens (primary N) is 1. The van der Waals surface area contributed by atoms with Gasteiger partial charge in [-0.05, 0) is 38.0 Å². The molecule has 0 heterocycles. The number of primary amides is 1. The van der Waals surface area contributed by atoms with Crippen molar-refractivity contribution in [3.8, 4) is 0 Å². The zero-order valence-corrected chi connectivity index (χ0v) is 9.81. The van der Waals surface area contributed by atoms with Crippen LogP contribution in [0.1, 0.15) is 52.4 Å². The molecule has 2 fully saturated rings. The topological polar surface area (TPSA) is 55.1 Å². The minimum atomic E-state index is -0.498. The van der Waals surface area contributed by atoms with Crippen molar-refractivity contribution in [1.82, 2.24) is 5.32 Å². The third kappa shape index (κ3) is 1.78. The average Bonchev–Trinajstić information content (AvgIpc) is 2.74. The van der Waals surface area contributed by atoms with E-state index in [1.807, 2.05) is 6.92 Å². The zero-order valence-electron chi connectivity index (χ0n) is 9.81. The molecule has 1 amide bonds. The summed E-state index contributed by atoms with van der Waals surface area (Å²) < 4.78 is 0. The van der Waals surface area contributed by atoms with Crippen molar-refractivity contribution in [2.45, 2.75) is 64.0 Å². The number of carbonyl (C=O) groups excluding carboxylic acids is 1. The van der Waals surface area contributed by atoms with Gasteiger partial charge in [-0.15, -0.1) is 0 Å². The molecule has 2 rings (SSSR count). The maximum Gasteiger partial charge on any atom is 0.238 e. The van der Waals surface area contributed by atoms with E-state index in [0.29, 0.717) is 6.04 Å². The molecule has 0 saturated heterocycles. The molecule has 3 nitrogen and oxygen atoms in total. The van der Waals surface area contributed by atoms with Crippen molar-refractivity contribution in [2.75, 3.05) is 0 Å². The molecule has 0 aromatic rings. The Morgan fingerprint density at radius 2 is 1.93 bits per heavy atom. The normalized spacial score (nSPS) is 28.7. The van der Waals surface area contributed by atoms with E-state index < -0.39 is 5.54 Å². The van der Waals surface area contributed by atoms with Crippen LogP contribution in [0, 0.1) is 5.41 Å². The number of rotatable bonds is 4. The molecule has 0 aromatic heterocycles. The first kappa shape index (κ1) is 10.9. The monoisotopic (exact) mass is 210 g/mol. The summed E-state index contributed by atoms with van der Waals surface area (Å²) in [5, 5.41) is 3.52. The highest BCUT2D eigenvalue weighted by Crippen LogP contribution is 2.53. The first-order chi connectivity index (χ1) is 6.98. The van der Waals surface area contributed by atoms with Gasteiger partial charge >= 0.3 is 0 Å². The van der Waals surface area contributed by atoms with Gasteiger partial charge in [-0.1, -0.05) is 19.8 Å². The molecular weight excluding hydrogens is 188 g/mol. The molecule has 2 aliphatic rings. The van der Waals surface area contributed by atoms with Gasteiger partial charge in [-0.25, -0.2) is 0 Å². The number of hydrogen-bond acceptors (Lipinski definition) is 2. The van der Waals surface area contributed by atoms with Crippen LogP contribution in [0.2, 0.25) is 0 Å². The van der Waals surface area contributed by atoms with Crippen LogP contribution in [-0.2, 0) is 4.79 Å². The molecule has 86 valence electrons. The lowest BCUT2D eigenvalue weighted by molar-refractivity contribution is -0.126. The number of hydrogen-bond donors (Lipinski definition) is 2. The van der Waals surface area contributed by atoms with Crippen LogP contribution in [0.5, 0.6) is 0 Å². The smallest absolute Gasteiger partial charge is 0.238 e. The lowest BCUT2D eigenvalue weighted by atomic mass is 9.82. The van der Waals surface area contributed by atoms with Gasteiger partial charge < -0.3 is 11.1 Å². The Hall–Kier alpha value is -0.570. The van der Waals surface area contributed by atoms with Gasteiger partial charge in [0.05, 0.1) is 0 Å². The summed E-state index contributed by atoms with van der Waals surface area (Å²) in [5.74, 6) is -0.186. The van der Waals surface area contributed by atoms with Crippen LogP contribution in [-0.4, -0.2) is 17.5 Å². The molecule has 0 aromatic carbocycles.